The zero-order valence-electron chi connectivity index (χ0n) is 21.0. The van der Waals surface area contributed by atoms with Gasteiger partial charge in [0.1, 0.15) is 17.1 Å². The number of halogens is 1. The standard InChI is InChI=1S/C30H26FN3O4/c1-19-14-20(2)16-24(15-19)38-13-5-12-33-18-21(25-6-3-4-7-27(25)33)17-26-28(35)32-30(37)34(29(26)36)23-10-8-22(31)9-11-23/h3-4,6-11,14-18H,5,12-13H2,1-2H3,(H,32,35,37)/b26-17+. The van der Waals surface area contributed by atoms with Crippen molar-refractivity contribution in [1.29, 1.82) is 0 Å². The Balaban J connectivity index is 1.39. The first-order valence-corrected chi connectivity index (χ1v) is 12.3. The molecule has 7 nitrogen and oxygen atoms in total. The van der Waals surface area contributed by atoms with E-state index in [2.05, 4.69) is 16.0 Å². The third-order valence-electron chi connectivity index (χ3n) is 6.31. The second-order valence-corrected chi connectivity index (χ2v) is 9.25. The summed E-state index contributed by atoms with van der Waals surface area (Å²) < 4.78 is 21.4. The lowest BCUT2D eigenvalue weighted by Crippen LogP contribution is -2.54. The summed E-state index contributed by atoms with van der Waals surface area (Å²) in [4.78, 5) is 39.2. The van der Waals surface area contributed by atoms with Crippen molar-refractivity contribution in [1.82, 2.24) is 9.88 Å². The van der Waals surface area contributed by atoms with Crippen molar-refractivity contribution in [3.8, 4) is 5.75 Å². The van der Waals surface area contributed by atoms with E-state index in [4.69, 9.17) is 4.74 Å². The number of urea groups is 1. The Kier molecular flexibility index (Phi) is 6.79. The van der Waals surface area contributed by atoms with Gasteiger partial charge >= 0.3 is 6.03 Å². The van der Waals surface area contributed by atoms with Gasteiger partial charge in [0.2, 0.25) is 0 Å². The van der Waals surface area contributed by atoms with E-state index in [9.17, 15) is 18.8 Å². The maximum Gasteiger partial charge on any atom is 0.335 e. The molecule has 192 valence electrons. The molecule has 0 spiro atoms. The summed E-state index contributed by atoms with van der Waals surface area (Å²) in [7, 11) is 0. The lowest BCUT2D eigenvalue weighted by molar-refractivity contribution is -0.122. The third-order valence-corrected chi connectivity index (χ3v) is 6.31. The van der Waals surface area contributed by atoms with Gasteiger partial charge < -0.3 is 9.30 Å². The smallest absolute Gasteiger partial charge is 0.335 e. The Morgan fingerprint density at radius 2 is 1.66 bits per heavy atom. The molecule has 0 unspecified atom stereocenters. The van der Waals surface area contributed by atoms with Gasteiger partial charge in [0.05, 0.1) is 12.3 Å². The number of rotatable bonds is 7. The zero-order valence-corrected chi connectivity index (χ0v) is 21.0. The van der Waals surface area contributed by atoms with Crippen molar-refractivity contribution in [3.05, 3.63) is 101 Å². The van der Waals surface area contributed by atoms with Gasteiger partial charge in [0, 0.05) is 29.2 Å². The fourth-order valence-electron chi connectivity index (χ4n) is 4.65. The van der Waals surface area contributed by atoms with Gasteiger partial charge in [0.25, 0.3) is 11.8 Å². The summed E-state index contributed by atoms with van der Waals surface area (Å²) in [5, 5.41) is 3.07. The van der Waals surface area contributed by atoms with Gasteiger partial charge in [-0.2, -0.15) is 0 Å². The molecule has 4 aromatic rings. The lowest BCUT2D eigenvalue weighted by atomic mass is 10.1. The number of hydrogen-bond donors (Lipinski definition) is 1. The van der Waals surface area contributed by atoms with Crippen LogP contribution in [0.5, 0.6) is 5.75 Å². The number of carbonyl (C=O) groups excluding carboxylic acids is 3. The average Bonchev–Trinajstić information content (AvgIpc) is 3.22. The number of nitrogens with zero attached hydrogens (tertiary/aromatic N) is 2. The van der Waals surface area contributed by atoms with E-state index in [-0.39, 0.29) is 11.3 Å². The van der Waals surface area contributed by atoms with Crippen molar-refractivity contribution in [2.45, 2.75) is 26.8 Å². The second-order valence-electron chi connectivity index (χ2n) is 9.25. The molecule has 3 aromatic carbocycles. The number of aryl methyl sites for hydroxylation is 3. The summed E-state index contributed by atoms with van der Waals surface area (Å²) in [6.45, 7) is 5.26. The molecule has 1 saturated heterocycles. The van der Waals surface area contributed by atoms with Crippen LogP contribution >= 0.6 is 0 Å². The van der Waals surface area contributed by atoms with Crippen molar-refractivity contribution in [2.24, 2.45) is 0 Å². The number of para-hydroxylation sites is 1. The van der Waals surface area contributed by atoms with Crippen LogP contribution in [0.15, 0.2) is 78.5 Å². The molecule has 0 radical (unpaired) electrons. The van der Waals surface area contributed by atoms with Gasteiger partial charge in [-0.3, -0.25) is 14.9 Å². The summed E-state index contributed by atoms with van der Waals surface area (Å²) >= 11 is 0. The van der Waals surface area contributed by atoms with Gasteiger partial charge in [-0.05, 0) is 79.9 Å². The number of carbonyl (C=O) groups is 3. The number of barbiturate groups is 1. The number of benzene rings is 3. The van der Waals surface area contributed by atoms with Gasteiger partial charge in [-0.25, -0.2) is 14.1 Å². The van der Waals surface area contributed by atoms with Crippen molar-refractivity contribution >= 4 is 40.5 Å². The molecule has 0 aliphatic carbocycles. The molecule has 1 aromatic heterocycles. The predicted molar refractivity (Wildman–Crippen MR) is 143 cm³/mol. The summed E-state index contributed by atoms with van der Waals surface area (Å²) in [6, 6.07) is 17.8. The summed E-state index contributed by atoms with van der Waals surface area (Å²) in [5.74, 6) is -1.22. The van der Waals surface area contributed by atoms with Crippen LogP contribution in [-0.4, -0.2) is 29.0 Å². The number of nitrogens with one attached hydrogen (secondary N) is 1. The fourth-order valence-corrected chi connectivity index (χ4v) is 4.65. The normalized spacial score (nSPS) is 14.9. The van der Waals surface area contributed by atoms with Crippen molar-refractivity contribution in [2.75, 3.05) is 11.5 Å². The maximum absolute atomic E-state index is 13.4. The first kappa shape index (κ1) is 25.0. The third kappa shape index (κ3) is 5.06. The molecular weight excluding hydrogens is 485 g/mol. The van der Waals surface area contributed by atoms with E-state index in [1.165, 1.54) is 18.2 Å². The van der Waals surface area contributed by atoms with Crippen LogP contribution in [-0.2, 0) is 16.1 Å². The Labute approximate surface area is 219 Å². The van der Waals surface area contributed by atoms with Crippen LogP contribution in [0, 0.1) is 19.7 Å². The highest BCUT2D eigenvalue weighted by Gasteiger charge is 2.37. The number of aromatic nitrogens is 1. The minimum atomic E-state index is -0.880. The first-order chi connectivity index (χ1) is 18.3. The molecule has 5 rings (SSSR count). The van der Waals surface area contributed by atoms with Crippen LogP contribution in [0.2, 0.25) is 0 Å². The number of imide groups is 2. The SMILES string of the molecule is Cc1cc(C)cc(OCCCn2cc(/C=C3\C(=O)NC(=O)N(c4ccc(F)cc4)C3=O)c3ccccc32)c1. The van der Waals surface area contributed by atoms with Crippen molar-refractivity contribution < 1.29 is 23.5 Å². The van der Waals surface area contributed by atoms with E-state index in [1.54, 1.807) is 0 Å². The van der Waals surface area contributed by atoms with Crippen LogP contribution in [0.3, 0.4) is 0 Å². The number of amides is 4. The van der Waals surface area contributed by atoms with Gasteiger partial charge in [-0.15, -0.1) is 0 Å². The number of fused-ring (bicyclic) bond motifs is 1. The highest BCUT2D eigenvalue weighted by Crippen LogP contribution is 2.27. The predicted octanol–water partition coefficient (Wildman–Crippen LogP) is 5.53. The monoisotopic (exact) mass is 511 g/mol. The minimum Gasteiger partial charge on any atom is -0.494 e. The molecule has 0 bridgehead atoms. The molecule has 1 aliphatic heterocycles. The average molecular weight is 512 g/mol. The lowest BCUT2D eigenvalue weighted by Gasteiger charge is -2.26. The van der Waals surface area contributed by atoms with Gasteiger partial charge in [-0.1, -0.05) is 24.3 Å². The maximum atomic E-state index is 13.4. The quantitative estimate of drug-likeness (QED) is 0.201. The summed E-state index contributed by atoms with van der Waals surface area (Å²) in [6.07, 6.45) is 4.12. The summed E-state index contributed by atoms with van der Waals surface area (Å²) in [5.41, 5.74) is 3.89. The molecule has 2 heterocycles. The molecule has 38 heavy (non-hydrogen) atoms. The molecule has 1 aliphatic rings. The number of hydrogen-bond acceptors (Lipinski definition) is 4. The highest BCUT2D eigenvalue weighted by molar-refractivity contribution is 6.39. The number of ether oxygens (including phenoxy) is 1. The Morgan fingerprint density at radius 3 is 2.39 bits per heavy atom. The van der Waals surface area contributed by atoms with E-state index >= 15 is 0 Å². The molecule has 1 fully saturated rings. The van der Waals surface area contributed by atoms with E-state index in [1.807, 2.05) is 56.4 Å². The molecule has 1 N–H and O–H groups in total. The zero-order chi connectivity index (χ0) is 26.8. The Morgan fingerprint density at radius 1 is 0.947 bits per heavy atom. The Bertz CT molecular complexity index is 1570. The largest absolute Gasteiger partial charge is 0.494 e. The van der Waals surface area contributed by atoms with Crippen LogP contribution in [0.4, 0.5) is 14.9 Å². The van der Waals surface area contributed by atoms with Crippen molar-refractivity contribution in [3.63, 3.8) is 0 Å². The number of anilines is 1. The van der Waals surface area contributed by atoms with Crippen LogP contribution in [0.1, 0.15) is 23.1 Å². The van der Waals surface area contributed by atoms with E-state index < -0.39 is 23.7 Å². The van der Waals surface area contributed by atoms with E-state index in [0.29, 0.717) is 18.7 Å². The van der Waals surface area contributed by atoms with E-state index in [0.717, 1.165) is 51.2 Å². The van der Waals surface area contributed by atoms with Crippen LogP contribution < -0.4 is 15.0 Å². The molecule has 4 amide bonds. The van der Waals surface area contributed by atoms with Crippen LogP contribution in [0.25, 0.3) is 17.0 Å². The first-order valence-electron chi connectivity index (χ1n) is 12.3. The molecule has 0 atom stereocenters. The molecular formula is C30H26FN3O4. The highest BCUT2D eigenvalue weighted by atomic mass is 19.1. The topological polar surface area (TPSA) is 80.6 Å². The fraction of sp³-hybridized carbons (Fsp3) is 0.167. The molecule has 8 heteroatoms. The minimum absolute atomic E-state index is 0.165. The van der Waals surface area contributed by atoms with Gasteiger partial charge in [0.15, 0.2) is 0 Å². The Hall–Kier alpha value is -4.72. The second kappa shape index (κ2) is 10.3. The molecule has 0 saturated carbocycles.